The first-order chi connectivity index (χ1) is 10.6. The second-order valence-electron chi connectivity index (χ2n) is 7.82. The average molecular weight is 323 g/mol. The first-order valence-corrected chi connectivity index (χ1v) is 8.05. The van der Waals surface area contributed by atoms with Crippen LogP contribution in [0.25, 0.3) is 0 Å². The van der Waals surface area contributed by atoms with Crippen molar-refractivity contribution in [2.45, 2.75) is 63.7 Å². The third-order valence-electron chi connectivity index (χ3n) is 4.90. The zero-order chi connectivity index (χ0) is 17.0. The van der Waals surface area contributed by atoms with Crippen LogP contribution in [0.3, 0.4) is 0 Å². The van der Waals surface area contributed by atoms with Crippen molar-refractivity contribution >= 4 is 5.91 Å². The molecule has 2 aliphatic rings. The van der Waals surface area contributed by atoms with Crippen LogP contribution >= 0.6 is 0 Å². The average Bonchev–Trinajstić information content (AvgIpc) is 3.16. The van der Waals surface area contributed by atoms with Crippen LogP contribution in [0.15, 0.2) is 18.2 Å². The number of hydrogen-bond donors (Lipinski definition) is 1. The number of carbonyl (C=O) groups is 1. The zero-order valence-electron chi connectivity index (χ0n) is 14.0. The minimum atomic E-state index is -0.861. The standard InChI is InChI=1S/C18H23F2NO2/c1-17(2)9-14(18(3,4)23-17)21-16(22)12-8-11(12)10-6-5-7-13(19)15(10)20/h5-7,11-12,14H,8-9H2,1-4H3,(H,21,22)/t11-,12-,14-/m0/s1. The summed E-state index contributed by atoms with van der Waals surface area (Å²) in [6, 6.07) is 4.06. The number of hydrogen-bond acceptors (Lipinski definition) is 2. The molecule has 2 fully saturated rings. The number of amides is 1. The highest BCUT2D eigenvalue weighted by Gasteiger charge is 2.50. The van der Waals surface area contributed by atoms with Gasteiger partial charge in [0.25, 0.3) is 0 Å². The Hall–Kier alpha value is -1.49. The van der Waals surface area contributed by atoms with E-state index in [1.54, 1.807) is 6.07 Å². The van der Waals surface area contributed by atoms with E-state index in [2.05, 4.69) is 5.32 Å². The van der Waals surface area contributed by atoms with Crippen molar-refractivity contribution in [2.24, 2.45) is 5.92 Å². The maximum absolute atomic E-state index is 13.8. The second-order valence-corrected chi connectivity index (χ2v) is 7.82. The lowest BCUT2D eigenvalue weighted by Gasteiger charge is -2.27. The number of carbonyl (C=O) groups excluding carboxylic acids is 1. The minimum Gasteiger partial charge on any atom is -0.367 e. The van der Waals surface area contributed by atoms with Gasteiger partial charge >= 0.3 is 0 Å². The van der Waals surface area contributed by atoms with E-state index < -0.39 is 17.2 Å². The summed E-state index contributed by atoms with van der Waals surface area (Å²) in [7, 11) is 0. The molecule has 3 atom stereocenters. The Morgan fingerprint density at radius 3 is 2.57 bits per heavy atom. The van der Waals surface area contributed by atoms with Crippen molar-refractivity contribution in [1.29, 1.82) is 0 Å². The molecule has 0 unspecified atom stereocenters. The molecule has 1 aliphatic carbocycles. The van der Waals surface area contributed by atoms with E-state index in [4.69, 9.17) is 4.74 Å². The zero-order valence-corrected chi connectivity index (χ0v) is 14.0. The van der Waals surface area contributed by atoms with Crippen LogP contribution in [0.1, 0.15) is 52.0 Å². The first-order valence-electron chi connectivity index (χ1n) is 8.05. The summed E-state index contributed by atoms with van der Waals surface area (Å²) in [5, 5.41) is 3.04. The number of rotatable bonds is 3. The molecule has 1 aliphatic heterocycles. The maximum atomic E-state index is 13.8. The third kappa shape index (κ3) is 3.11. The Morgan fingerprint density at radius 1 is 1.26 bits per heavy atom. The molecule has 0 bridgehead atoms. The van der Waals surface area contributed by atoms with E-state index >= 15 is 0 Å². The summed E-state index contributed by atoms with van der Waals surface area (Å²) >= 11 is 0. The molecule has 1 amide bonds. The molecule has 0 spiro atoms. The quantitative estimate of drug-likeness (QED) is 0.924. The topological polar surface area (TPSA) is 38.3 Å². The molecule has 5 heteroatoms. The normalized spacial score (nSPS) is 31.0. The van der Waals surface area contributed by atoms with Crippen molar-refractivity contribution in [1.82, 2.24) is 5.32 Å². The van der Waals surface area contributed by atoms with Gasteiger partial charge in [-0.25, -0.2) is 8.78 Å². The van der Waals surface area contributed by atoms with E-state index in [-0.39, 0.29) is 29.4 Å². The van der Waals surface area contributed by atoms with Crippen molar-refractivity contribution in [3.63, 3.8) is 0 Å². The lowest BCUT2D eigenvalue weighted by molar-refractivity contribution is -0.125. The molecule has 1 aromatic rings. The Balaban J connectivity index is 1.66. The van der Waals surface area contributed by atoms with Gasteiger partial charge in [0.05, 0.1) is 17.2 Å². The summed E-state index contributed by atoms with van der Waals surface area (Å²) in [4.78, 5) is 12.5. The molecule has 3 rings (SSSR count). The Labute approximate surface area is 135 Å². The number of ether oxygens (including phenoxy) is 1. The highest BCUT2D eigenvalue weighted by molar-refractivity contribution is 5.83. The Kier molecular flexibility index (Phi) is 3.75. The molecular formula is C18H23F2NO2. The van der Waals surface area contributed by atoms with Gasteiger partial charge < -0.3 is 10.1 Å². The van der Waals surface area contributed by atoms with E-state index in [0.717, 1.165) is 12.5 Å². The smallest absolute Gasteiger partial charge is 0.224 e. The van der Waals surface area contributed by atoms with Gasteiger partial charge in [-0.3, -0.25) is 4.79 Å². The van der Waals surface area contributed by atoms with Crippen LogP contribution in [0.2, 0.25) is 0 Å². The van der Waals surface area contributed by atoms with Gasteiger partial charge in [0, 0.05) is 5.92 Å². The molecule has 1 N–H and O–H groups in total. The van der Waals surface area contributed by atoms with E-state index in [0.29, 0.717) is 12.0 Å². The fraction of sp³-hybridized carbons (Fsp3) is 0.611. The fourth-order valence-electron chi connectivity index (χ4n) is 3.70. The predicted octanol–water partition coefficient (Wildman–Crippen LogP) is 3.53. The minimum absolute atomic E-state index is 0.0800. The molecule has 1 saturated heterocycles. The fourth-order valence-corrected chi connectivity index (χ4v) is 3.70. The predicted molar refractivity (Wildman–Crippen MR) is 83.0 cm³/mol. The number of nitrogens with one attached hydrogen (secondary N) is 1. The first kappa shape index (κ1) is 16.4. The number of halogens is 2. The van der Waals surface area contributed by atoms with Gasteiger partial charge in [0.2, 0.25) is 5.91 Å². The van der Waals surface area contributed by atoms with Gasteiger partial charge in [-0.2, -0.15) is 0 Å². The lowest BCUT2D eigenvalue weighted by Crippen LogP contribution is -2.46. The largest absolute Gasteiger partial charge is 0.367 e. The van der Waals surface area contributed by atoms with Gasteiger partial charge in [-0.15, -0.1) is 0 Å². The van der Waals surface area contributed by atoms with Crippen molar-refractivity contribution < 1.29 is 18.3 Å². The molecule has 0 aromatic heterocycles. The van der Waals surface area contributed by atoms with Crippen LogP contribution in [0.4, 0.5) is 8.78 Å². The highest BCUT2D eigenvalue weighted by Crippen LogP contribution is 2.49. The summed E-state index contributed by atoms with van der Waals surface area (Å²) in [6.45, 7) is 7.93. The highest BCUT2D eigenvalue weighted by atomic mass is 19.2. The molecule has 126 valence electrons. The molecular weight excluding hydrogens is 300 g/mol. The third-order valence-corrected chi connectivity index (χ3v) is 4.90. The van der Waals surface area contributed by atoms with E-state index in [1.165, 1.54) is 6.07 Å². The summed E-state index contributed by atoms with van der Waals surface area (Å²) in [5.41, 5.74) is -0.417. The molecule has 0 radical (unpaired) electrons. The Bertz CT molecular complexity index is 642. The van der Waals surface area contributed by atoms with Gasteiger partial charge in [0.15, 0.2) is 11.6 Å². The van der Waals surface area contributed by atoms with Crippen LogP contribution in [0, 0.1) is 17.6 Å². The van der Waals surface area contributed by atoms with Crippen LogP contribution in [0.5, 0.6) is 0 Å². The van der Waals surface area contributed by atoms with Crippen molar-refractivity contribution in [2.75, 3.05) is 0 Å². The van der Waals surface area contributed by atoms with E-state index in [1.807, 2.05) is 27.7 Å². The lowest BCUT2D eigenvalue weighted by atomic mass is 9.94. The van der Waals surface area contributed by atoms with Crippen molar-refractivity contribution in [3.05, 3.63) is 35.4 Å². The van der Waals surface area contributed by atoms with E-state index in [9.17, 15) is 13.6 Å². The van der Waals surface area contributed by atoms with Crippen LogP contribution in [-0.2, 0) is 9.53 Å². The molecule has 3 nitrogen and oxygen atoms in total. The molecule has 1 heterocycles. The number of benzene rings is 1. The van der Waals surface area contributed by atoms with Crippen LogP contribution < -0.4 is 5.32 Å². The second kappa shape index (κ2) is 5.26. The summed E-state index contributed by atoms with van der Waals surface area (Å²) in [6.07, 6.45) is 1.29. The SMILES string of the molecule is CC1(C)C[C@H](NC(=O)[C@H]2C[C@H]2c2cccc(F)c2F)C(C)(C)O1. The van der Waals surface area contributed by atoms with Crippen molar-refractivity contribution in [3.8, 4) is 0 Å². The van der Waals surface area contributed by atoms with Gasteiger partial charge in [-0.05, 0) is 58.1 Å². The van der Waals surface area contributed by atoms with Gasteiger partial charge in [-0.1, -0.05) is 12.1 Å². The summed E-state index contributed by atoms with van der Waals surface area (Å²) < 4.78 is 33.1. The molecule has 23 heavy (non-hydrogen) atoms. The van der Waals surface area contributed by atoms with Gasteiger partial charge in [0.1, 0.15) is 0 Å². The maximum Gasteiger partial charge on any atom is 0.224 e. The summed E-state index contributed by atoms with van der Waals surface area (Å²) in [5.74, 6) is -2.31. The monoisotopic (exact) mass is 323 g/mol. The molecule has 1 aromatic carbocycles. The Morgan fingerprint density at radius 2 is 1.96 bits per heavy atom. The molecule has 1 saturated carbocycles. The van der Waals surface area contributed by atoms with Crippen LogP contribution in [-0.4, -0.2) is 23.2 Å².